The van der Waals surface area contributed by atoms with Crippen LogP contribution in [0.3, 0.4) is 0 Å². The largest absolute Gasteiger partial charge is 0.481 e. The molecule has 1 aromatic carbocycles. The summed E-state index contributed by atoms with van der Waals surface area (Å²) < 4.78 is 1.67. The van der Waals surface area contributed by atoms with Crippen molar-refractivity contribution in [3.05, 3.63) is 41.7 Å². The number of nitrogens with zero attached hydrogens (tertiary/aromatic N) is 3. The summed E-state index contributed by atoms with van der Waals surface area (Å²) >= 11 is 0. The number of aromatic nitrogens is 3. The maximum atomic E-state index is 11.5. The molecule has 1 aromatic heterocycles. The average molecular weight is 315 g/mol. The number of carboxylic acid groups (broad SMARTS) is 1. The summed E-state index contributed by atoms with van der Waals surface area (Å²) in [7, 11) is 1.83. The summed E-state index contributed by atoms with van der Waals surface area (Å²) in [6, 6.07) is 7.97. The van der Waals surface area contributed by atoms with Crippen molar-refractivity contribution in [1.29, 1.82) is 0 Å². The van der Waals surface area contributed by atoms with Gasteiger partial charge in [-0.2, -0.15) is 0 Å². The Bertz CT molecular complexity index is 685. The number of aliphatic carboxylic acids is 1. The molecule has 3 rings (SSSR count). The Morgan fingerprint density at radius 2 is 2.39 bits per heavy atom. The fourth-order valence-electron chi connectivity index (χ4n) is 3.05. The van der Waals surface area contributed by atoms with E-state index in [4.69, 9.17) is 0 Å². The molecule has 23 heavy (non-hydrogen) atoms. The van der Waals surface area contributed by atoms with Gasteiger partial charge in [0.1, 0.15) is 5.69 Å². The number of hydrogen-bond donors (Lipinski definition) is 3. The molecule has 7 nitrogen and oxygen atoms in total. The molecule has 1 saturated heterocycles. The van der Waals surface area contributed by atoms with Gasteiger partial charge in [0, 0.05) is 31.4 Å². The topological polar surface area (TPSA) is 92.1 Å². The third kappa shape index (κ3) is 3.68. The normalized spacial score (nSPS) is 21.1. The Balaban J connectivity index is 1.72. The Hall–Kier alpha value is -2.41. The number of carboxylic acids is 1. The lowest BCUT2D eigenvalue weighted by Gasteiger charge is -2.29. The van der Waals surface area contributed by atoms with Crippen LogP contribution in [0.5, 0.6) is 0 Å². The van der Waals surface area contributed by atoms with Gasteiger partial charge < -0.3 is 15.7 Å². The van der Waals surface area contributed by atoms with E-state index >= 15 is 0 Å². The molecule has 0 saturated carbocycles. The van der Waals surface area contributed by atoms with Crippen LogP contribution in [0.15, 0.2) is 30.5 Å². The van der Waals surface area contributed by atoms with Crippen molar-refractivity contribution < 1.29 is 9.90 Å². The van der Waals surface area contributed by atoms with E-state index in [1.165, 1.54) is 0 Å². The molecule has 2 heterocycles. The summed E-state index contributed by atoms with van der Waals surface area (Å²) in [4.78, 5) is 11.5. The smallest absolute Gasteiger partial charge is 0.307 e. The first-order chi connectivity index (χ1) is 11.1. The summed E-state index contributed by atoms with van der Waals surface area (Å²) in [6.07, 6.45) is 2.53. The predicted octanol–water partition coefficient (Wildman–Crippen LogP) is 1.20. The van der Waals surface area contributed by atoms with Gasteiger partial charge in [0.05, 0.1) is 12.5 Å². The lowest BCUT2D eigenvalue weighted by molar-refractivity contribution is -0.143. The zero-order chi connectivity index (χ0) is 16.2. The second-order valence-corrected chi connectivity index (χ2v) is 5.91. The number of benzene rings is 1. The van der Waals surface area contributed by atoms with Crippen LogP contribution in [0, 0.1) is 5.92 Å². The molecule has 2 aromatic rings. The summed E-state index contributed by atoms with van der Waals surface area (Å²) in [5.41, 5.74) is 2.87. The second-order valence-electron chi connectivity index (χ2n) is 5.91. The average Bonchev–Trinajstić information content (AvgIpc) is 2.99. The van der Waals surface area contributed by atoms with Crippen LogP contribution >= 0.6 is 0 Å². The van der Waals surface area contributed by atoms with E-state index in [2.05, 4.69) is 20.9 Å². The molecular formula is C16H21N5O2. The molecule has 0 radical (unpaired) electrons. The highest BCUT2D eigenvalue weighted by Crippen LogP contribution is 2.31. The van der Waals surface area contributed by atoms with E-state index in [9.17, 15) is 9.90 Å². The van der Waals surface area contributed by atoms with Gasteiger partial charge >= 0.3 is 5.97 Å². The molecule has 7 heteroatoms. The summed E-state index contributed by atoms with van der Waals surface area (Å²) in [5, 5.41) is 24.0. The minimum atomic E-state index is -0.713. The van der Waals surface area contributed by atoms with Crippen LogP contribution in [-0.2, 0) is 18.4 Å². The summed E-state index contributed by atoms with van der Waals surface area (Å²) in [5.74, 6) is -1.04. The van der Waals surface area contributed by atoms with Crippen LogP contribution in [0.4, 0.5) is 5.69 Å². The van der Waals surface area contributed by atoms with Crippen LogP contribution in [0.2, 0.25) is 0 Å². The lowest BCUT2D eigenvalue weighted by atomic mass is 9.81. The van der Waals surface area contributed by atoms with Crippen LogP contribution in [-0.4, -0.2) is 39.2 Å². The first-order valence-corrected chi connectivity index (χ1v) is 7.76. The number of piperidine rings is 1. The third-order valence-corrected chi connectivity index (χ3v) is 4.24. The quantitative estimate of drug-likeness (QED) is 0.768. The Morgan fingerprint density at radius 3 is 3.13 bits per heavy atom. The van der Waals surface area contributed by atoms with Gasteiger partial charge in [0.25, 0.3) is 0 Å². The number of anilines is 1. The van der Waals surface area contributed by atoms with E-state index in [0.717, 1.165) is 23.5 Å². The molecule has 1 aliphatic rings. The van der Waals surface area contributed by atoms with E-state index in [1.54, 1.807) is 4.68 Å². The fourth-order valence-corrected chi connectivity index (χ4v) is 3.05. The lowest BCUT2D eigenvalue weighted by Crippen LogP contribution is -2.38. The van der Waals surface area contributed by atoms with E-state index in [1.807, 2.05) is 37.5 Å². The Morgan fingerprint density at radius 1 is 1.52 bits per heavy atom. The molecule has 0 unspecified atom stereocenters. The van der Waals surface area contributed by atoms with Gasteiger partial charge in [-0.25, -0.2) is 0 Å². The highest BCUT2D eigenvalue weighted by molar-refractivity contribution is 5.72. The van der Waals surface area contributed by atoms with E-state index in [0.29, 0.717) is 19.5 Å². The zero-order valence-corrected chi connectivity index (χ0v) is 13.1. The maximum Gasteiger partial charge on any atom is 0.307 e. The van der Waals surface area contributed by atoms with Crippen molar-refractivity contribution in [1.82, 2.24) is 20.3 Å². The van der Waals surface area contributed by atoms with Gasteiger partial charge in [0.15, 0.2) is 0 Å². The van der Waals surface area contributed by atoms with Gasteiger partial charge in [-0.3, -0.25) is 9.48 Å². The molecule has 0 bridgehead atoms. The van der Waals surface area contributed by atoms with E-state index in [-0.39, 0.29) is 11.8 Å². The third-order valence-electron chi connectivity index (χ3n) is 4.24. The monoisotopic (exact) mass is 315 g/mol. The van der Waals surface area contributed by atoms with Crippen molar-refractivity contribution >= 4 is 11.7 Å². The van der Waals surface area contributed by atoms with Crippen molar-refractivity contribution in [3.8, 4) is 0 Å². The molecule has 0 amide bonds. The first-order valence-electron chi connectivity index (χ1n) is 7.76. The van der Waals surface area contributed by atoms with Crippen LogP contribution in [0.25, 0.3) is 0 Å². The summed E-state index contributed by atoms with van der Waals surface area (Å²) in [6.45, 7) is 2.05. The van der Waals surface area contributed by atoms with Gasteiger partial charge in [0.2, 0.25) is 0 Å². The first kappa shape index (κ1) is 15.5. The van der Waals surface area contributed by atoms with Gasteiger partial charge in [-0.05, 0) is 30.7 Å². The van der Waals surface area contributed by atoms with E-state index < -0.39 is 5.97 Å². The minimum absolute atomic E-state index is 0.000447. The highest BCUT2D eigenvalue weighted by atomic mass is 16.4. The number of aryl methyl sites for hydroxylation is 1. The number of carbonyl (C=O) groups is 1. The maximum absolute atomic E-state index is 11.5. The Kier molecular flexibility index (Phi) is 4.57. The highest BCUT2D eigenvalue weighted by Gasteiger charge is 2.31. The van der Waals surface area contributed by atoms with Crippen molar-refractivity contribution in [2.24, 2.45) is 13.0 Å². The molecule has 1 fully saturated rings. The predicted molar refractivity (Wildman–Crippen MR) is 86.1 cm³/mol. The van der Waals surface area contributed by atoms with Crippen molar-refractivity contribution in [3.63, 3.8) is 0 Å². The number of nitrogens with one attached hydrogen (secondary N) is 2. The molecular weight excluding hydrogens is 294 g/mol. The zero-order valence-electron chi connectivity index (χ0n) is 13.1. The SMILES string of the molecule is Cn1cc(CNc2cccc([C@@H]3CNCC[C@H]3C(=O)O)c2)nn1. The fraction of sp³-hybridized carbons (Fsp3) is 0.438. The molecule has 1 aliphatic heterocycles. The molecule has 0 spiro atoms. The van der Waals surface area contributed by atoms with Crippen molar-refractivity contribution in [2.45, 2.75) is 18.9 Å². The molecule has 122 valence electrons. The number of rotatable bonds is 5. The van der Waals surface area contributed by atoms with Crippen LogP contribution < -0.4 is 10.6 Å². The van der Waals surface area contributed by atoms with Gasteiger partial charge in [-0.1, -0.05) is 17.3 Å². The van der Waals surface area contributed by atoms with Gasteiger partial charge in [-0.15, -0.1) is 5.10 Å². The van der Waals surface area contributed by atoms with Crippen LogP contribution in [0.1, 0.15) is 23.6 Å². The second kappa shape index (κ2) is 6.78. The molecule has 3 N–H and O–H groups in total. The van der Waals surface area contributed by atoms with Crippen molar-refractivity contribution in [2.75, 3.05) is 18.4 Å². The number of hydrogen-bond acceptors (Lipinski definition) is 5. The standard InChI is InChI=1S/C16H21N5O2/c1-21-10-13(19-20-21)8-18-12-4-2-3-11(7-12)15-9-17-6-5-14(15)16(22)23/h2-4,7,10,14-15,17-18H,5-6,8-9H2,1H3,(H,22,23)/t14-,15+/m1/s1. The molecule has 2 atom stereocenters. The molecule has 0 aliphatic carbocycles. The Labute approximate surface area is 134 Å². The minimum Gasteiger partial charge on any atom is -0.481 e.